The lowest BCUT2D eigenvalue weighted by atomic mass is 10.1. The molecule has 0 bridgehead atoms. The molecule has 0 fully saturated rings. The highest BCUT2D eigenvalue weighted by Crippen LogP contribution is 2.36. The highest BCUT2D eigenvalue weighted by Gasteiger charge is 2.33. The van der Waals surface area contributed by atoms with Crippen molar-refractivity contribution in [1.82, 2.24) is 0 Å². The van der Waals surface area contributed by atoms with E-state index in [-0.39, 0.29) is 17.2 Å². The molecule has 9 heteroatoms. The van der Waals surface area contributed by atoms with Gasteiger partial charge >= 0.3 is 18.0 Å². The van der Waals surface area contributed by atoms with Gasteiger partial charge in [-0.1, -0.05) is 35.9 Å². The van der Waals surface area contributed by atoms with Crippen LogP contribution in [0.5, 0.6) is 5.75 Å². The Morgan fingerprint density at radius 3 is 2.55 bits per heavy atom. The Hall–Kier alpha value is -3.52. The first-order valence-corrected chi connectivity index (χ1v) is 9.37. The predicted octanol–water partition coefficient (Wildman–Crippen LogP) is 5.79. The number of hydrogen-bond acceptors (Lipinski definition) is 3. The average Bonchev–Trinajstić information content (AvgIpc) is 3.16. The van der Waals surface area contributed by atoms with Gasteiger partial charge in [0.25, 0.3) is 0 Å². The van der Waals surface area contributed by atoms with Gasteiger partial charge in [0, 0.05) is 16.7 Å². The quantitative estimate of drug-likeness (QED) is 0.419. The zero-order valence-electron chi connectivity index (χ0n) is 15.6. The van der Waals surface area contributed by atoms with Crippen LogP contribution in [0.2, 0.25) is 5.02 Å². The molecule has 1 aromatic heterocycles. The number of benzene rings is 3. The van der Waals surface area contributed by atoms with Crippen LogP contribution >= 0.6 is 11.6 Å². The Labute approximate surface area is 178 Å². The number of oxazole rings is 1. The van der Waals surface area contributed by atoms with Gasteiger partial charge in [0.05, 0.1) is 5.56 Å². The van der Waals surface area contributed by atoms with E-state index in [1.165, 1.54) is 24.3 Å². The van der Waals surface area contributed by atoms with Crippen LogP contribution in [0.4, 0.5) is 13.2 Å². The Morgan fingerprint density at radius 1 is 1.06 bits per heavy atom. The summed E-state index contributed by atoms with van der Waals surface area (Å²) < 4.78 is 50.6. The maximum Gasteiger partial charge on any atom is 0.416 e. The van der Waals surface area contributed by atoms with Crippen molar-refractivity contribution in [3.05, 3.63) is 82.9 Å². The first-order valence-electron chi connectivity index (χ1n) is 9.00. The van der Waals surface area contributed by atoms with Crippen molar-refractivity contribution in [1.29, 1.82) is 0 Å². The van der Waals surface area contributed by atoms with Gasteiger partial charge in [-0.25, -0.2) is 4.79 Å². The van der Waals surface area contributed by atoms with Gasteiger partial charge in [-0.3, -0.25) is 0 Å². The summed E-state index contributed by atoms with van der Waals surface area (Å²) in [4.78, 5) is 14.9. The third kappa shape index (κ3) is 4.34. The van der Waals surface area contributed by atoms with Gasteiger partial charge in [0.15, 0.2) is 0 Å². The van der Waals surface area contributed by atoms with E-state index in [1.807, 2.05) is 6.07 Å². The number of ether oxygens (including phenoxy) is 1. The molecule has 158 valence electrons. The summed E-state index contributed by atoms with van der Waals surface area (Å²) in [7, 11) is 0. The minimum Gasteiger partial charge on any atom is -0.478 e. The highest BCUT2D eigenvalue weighted by atomic mass is 35.5. The Balaban J connectivity index is 1.76. The molecule has 5 nitrogen and oxygen atoms in total. The van der Waals surface area contributed by atoms with E-state index in [2.05, 4.69) is 4.98 Å². The Kier molecular flexibility index (Phi) is 5.32. The number of carboxylic acid groups (broad SMARTS) is 1. The minimum absolute atomic E-state index is 0.0736. The normalized spacial score (nSPS) is 12.6. The molecule has 0 radical (unpaired) electrons. The molecule has 1 atom stereocenters. The van der Waals surface area contributed by atoms with Crippen molar-refractivity contribution in [3.63, 3.8) is 0 Å². The smallest absolute Gasteiger partial charge is 0.416 e. The molecule has 0 amide bonds. The van der Waals surface area contributed by atoms with Crippen molar-refractivity contribution >= 4 is 28.7 Å². The van der Waals surface area contributed by atoms with Crippen LogP contribution in [0.15, 0.2) is 71.1 Å². The van der Waals surface area contributed by atoms with Crippen molar-refractivity contribution in [2.75, 3.05) is 0 Å². The third-order valence-electron chi connectivity index (χ3n) is 4.52. The molecule has 0 aliphatic carbocycles. The number of hydrogen-bond donors (Lipinski definition) is 1. The van der Waals surface area contributed by atoms with Crippen LogP contribution in [0, 0.1) is 0 Å². The fourth-order valence-electron chi connectivity index (χ4n) is 3.09. The monoisotopic (exact) mass is 448 g/mol. The number of halogens is 4. The number of aromatic nitrogens is 1. The van der Waals surface area contributed by atoms with E-state index < -0.39 is 23.8 Å². The molecule has 2 N–H and O–H groups in total. The lowest BCUT2D eigenvalue weighted by Crippen LogP contribution is -2.19. The van der Waals surface area contributed by atoms with E-state index in [0.29, 0.717) is 21.7 Å². The molecule has 0 saturated heterocycles. The van der Waals surface area contributed by atoms with E-state index >= 15 is 0 Å². The van der Waals surface area contributed by atoms with Crippen LogP contribution in [0.3, 0.4) is 0 Å². The van der Waals surface area contributed by atoms with Crippen molar-refractivity contribution in [3.8, 4) is 17.2 Å². The lowest BCUT2D eigenvalue weighted by molar-refractivity contribution is -0.338. The van der Waals surface area contributed by atoms with Crippen LogP contribution in [-0.2, 0) is 11.0 Å². The molecule has 4 aromatic rings. The zero-order valence-corrected chi connectivity index (χ0v) is 16.4. The number of aromatic amines is 1. The fraction of sp³-hybridized carbons (Fsp3) is 0.0909. The Bertz CT molecular complexity index is 1240. The van der Waals surface area contributed by atoms with Crippen molar-refractivity contribution in [2.24, 2.45) is 0 Å². The van der Waals surface area contributed by atoms with Crippen LogP contribution in [-0.4, -0.2) is 11.1 Å². The van der Waals surface area contributed by atoms with Gasteiger partial charge < -0.3 is 14.3 Å². The summed E-state index contributed by atoms with van der Waals surface area (Å²) >= 11 is 6.10. The summed E-state index contributed by atoms with van der Waals surface area (Å²) in [6, 6.07) is 15.5. The number of carboxylic acids is 1. The fourth-order valence-corrected chi connectivity index (χ4v) is 3.26. The molecule has 0 saturated carbocycles. The second kappa shape index (κ2) is 7.96. The SMILES string of the molecule is O=C(O)C(Oc1ccc(Cl)cc1-c1[nH+]c2ccccc2o1)c1cccc(C(F)(F)F)c1. The molecule has 4 rings (SSSR count). The molecule has 1 heterocycles. The van der Waals surface area contributed by atoms with Gasteiger partial charge in [-0.05, 0) is 36.4 Å². The van der Waals surface area contributed by atoms with Crippen molar-refractivity contribution in [2.45, 2.75) is 12.3 Å². The summed E-state index contributed by atoms with van der Waals surface area (Å²) in [5.41, 5.74) is 0.438. The van der Waals surface area contributed by atoms with Crippen LogP contribution in [0.25, 0.3) is 22.6 Å². The molecule has 3 aromatic carbocycles. The van der Waals surface area contributed by atoms with Gasteiger partial charge in [-0.2, -0.15) is 18.2 Å². The zero-order chi connectivity index (χ0) is 22.2. The molecular weight excluding hydrogens is 435 g/mol. The molecule has 0 spiro atoms. The Morgan fingerprint density at radius 2 is 1.84 bits per heavy atom. The maximum atomic E-state index is 13.1. The molecular formula is C22H14ClF3NO4+. The van der Waals surface area contributed by atoms with Gasteiger partial charge in [0.2, 0.25) is 17.2 Å². The van der Waals surface area contributed by atoms with E-state index in [9.17, 15) is 23.1 Å². The number of H-pyrrole nitrogens is 1. The number of nitrogens with one attached hydrogen (secondary N) is 1. The van der Waals surface area contributed by atoms with Crippen LogP contribution in [0.1, 0.15) is 17.2 Å². The standard InChI is InChI=1S/C22H13ClF3NO4/c23-14-8-9-17(15(11-14)20-27-16-6-1-2-7-18(16)31-20)30-19(21(28)29)12-4-3-5-13(10-12)22(24,25)26/h1-11,19H,(H,28,29)/p+1. The average molecular weight is 449 g/mol. The highest BCUT2D eigenvalue weighted by molar-refractivity contribution is 6.30. The summed E-state index contributed by atoms with van der Waals surface area (Å²) in [6.45, 7) is 0. The molecule has 1 unspecified atom stereocenters. The largest absolute Gasteiger partial charge is 0.478 e. The molecule has 0 aliphatic rings. The van der Waals surface area contributed by atoms with Gasteiger partial charge in [0.1, 0.15) is 11.3 Å². The minimum atomic E-state index is -4.62. The second-order valence-corrected chi connectivity index (χ2v) is 7.09. The number of aliphatic carboxylic acids is 1. The molecule has 31 heavy (non-hydrogen) atoms. The lowest BCUT2D eigenvalue weighted by Gasteiger charge is -2.18. The topological polar surface area (TPSA) is 73.8 Å². The summed E-state index contributed by atoms with van der Waals surface area (Å²) in [5.74, 6) is -1.12. The predicted molar refractivity (Wildman–Crippen MR) is 106 cm³/mol. The number of para-hydroxylation sites is 2. The maximum absolute atomic E-state index is 13.1. The van der Waals surface area contributed by atoms with E-state index in [1.54, 1.807) is 18.2 Å². The van der Waals surface area contributed by atoms with E-state index in [4.69, 9.17) is 20.8 Å². The van der Waals surface area contributed by atoms with E-state index in [0.717, 1.165) is 18.2 Å². The first kappa shape index (κ1) is 20.7. The number of fused-ring (bicyclic) bond motifs is 1. The number of carbonyl (C=O) groups is 1. The van der Waals surface area contributed by atoms with Crippen molar-refractivity contribution < 1.29 is 37.2 Å². The van der Waals surface area contributed by atoms with Crippen LogP contribution < -0.4 is 9.72 Å². The molecule has 0 aliphatic heterocycles. The second-order valence-electron chi connectivity index (χ2n) is 6.65. The summed E-state index contributed by atoms with van der Waals surface area (Å²) in [6.07, 6.45) is -6.31. The number of rotatable bonds is 5. The van der Waals surface area contributed by atoms with Gasteiger partial charge in [-0.15, -0.1) is 0 Å². The first-order chi connectivity index (χ1) is 14.7. The number of alkyl halides is 3. The summed E-state index contributed by atoms with van der Waals surface area (Å²) in [5, 5.41) is 9.98. The third-order valence-corrected chi connectivity index (χ3v) is 4.75.